The molecule has 0 fully saturated rings. The van der Waals surface area contributed by atoms with Crippen LogP contribution in [-0.2, 0) is 0 Å². The minimum Gasteiger partial charge on any atom is -0.492 e. The van der Waals surface area contributed by atoms with Gasteiger partial charge < -0.3 is 9.94 Å². The molecule has 4 nitrogen and oxygen atoms in total. The van der Waals surface area contributed by atoms with Crippen molar-refractivity contribution < 1.29 is 9.94 Å². The van der Waals surface area contributed by atoms with Crippen molar-refractivity contribution in [1.82, 2.24) is 9.71 Å². The van der Waals surface area contributed by atoms with E-state index in [0.29, 0.717) is 0 Å². The molecule has 1 N–H and O–H groups in total. The zero-order valence-electron chi connectivity index (χ0n) is 4.40. The van der Waals surface area contributed by atoms with E-state index in [1.54, 1.807) is 0 Å². The van der Waals surface area contributed by atoms with Crippen molar-refractivity contribution in [2.24, 2.45) is 0 Å². The minimum atomic E-state index is -0.0353. The van der Waals surface area contributed by atoms with Gasteiger partial charge in [-0.05, 0) is 0 Å². The quantitative estimate of drug-likeness (QED) is 0.542. The Hall–Kier alpha value is -1.19. The molecule has 0 spiro atoms. The standard InChI is InChI=1S/C4H6N2O2/c1-8-6-2-4(7)5-3-6/h2-3,7H,1H3. The Balaban J connectivity index is 2.84. The van der Waals surface area contributed by atoms with Gasteiger partial charge in [-0.15, -0.1) is 0 Å². The molecule has 1 heterocycles. The maximum atomic E-state index is 8.57. The van der Waals surface area contributed by atoms with Crippen molar-refractivity contribution in [2.75, 3.05) is 7.11 Å². The molecule has 0 saturated heterocycles. The zero-order chi connectivity index (χ0) is 5.98. The summed E-state index contributed by atoms with van der Waals surface area (Å²) >= 11 is 0. The molecular weight excluding hydrogens is 108 g/mol. The third kappa shape index (κ3) is 0.726. The molecule has 1 aromatic heterocycles. The fourth-order valence-electron chi connectivity index (χ4n) is 0.396. The van der Waals surface area contributed by atoms with Gasteiger partial charge >= 0.3 is 0 Å². The second kappa shape index (κ2) is 1.73. The first kappa shape index (κ1) is 4.96. The number of aromatic nitrogens is 2. The van der Waals surface area contributed by atoms with E-state index in [0.717, 1.165) is 0 Å². The average molecular weight is 114 g/mol. The second-order valence-electron chi connectivity index (χ2n) is 1.27. The maximum absolute atomic E-state index is 8.57. The van der Waals surface area contributed by atoms with Crippen LogP contribution in [0, 0.1) is 0 Å². The topological polar surface area (TPSA) is 47.3 Å². The molecule has 1 aromatic rings. The van der Waals surface area contributed by atoms with Gasteiger partial charge in [0.2, 0.25) is 5.88 Å². The molecular formula is C4H6N2O2. The van der Waals surface area contributed by atoms with Crippen LogP contribution in [0.25, 0.3) is 0 Å². The van der Waals surface area contributed by atoms with Crippen molar-refractivity contribution >= 4 is 0 Å². The van der Waals surface area contributed by atoms with Crippen LogP contribution in [0.4, 0.5) is 0 Å². The van der Waals surface area contributed by atoms with E-state index in [-0.39, 0.29) is 5.88 Å². The Morgan fingerprint density at radius 3 is 2.88 bits per heavy atom. The first-order chi connectivity index (χ1) is 3.83. The molecule has 0 aliphatic carbocycles. The summed E-state index contributed by atoms with van der Waals surface area (Å²) in [7, 11) is 1.49. The van der Waals surface area contributed by atoms with Crippen LogP contribution in [0.15, 0.2) is 12.5 Å². The first-order valence-corrected chi connectivity index (χ1v) is 2.10. The molecule has 8 heavy (non-hydrogen) atoms. The molecule has 44 valence electrons. The van der Waals surface area contributed by atoms with Gasteiger partial charge in [-0.3, -0.25) is 0 Å². The average Bonchev–Trinajstić information content (AvgIpc) is 2.14. The van der Waals surface area contributed by atoms with Crippen LogP contribution in [0.5, 0.6) is 5.88 Å². The second-order valence-corrected chi connectivity index (χ2v) is 1.27. The predicted molar refractivity (Wildman–Crippen MR) is 26.4 cm³/mol. The molecule has 0 saturated carbocycles. The van der Waals surface area contributed by atoms with Crippen molar-refractivity contribution in [3.63, 3.8) is 0 Å². The summed E-state index contributed by atoms with van der Waals surface area (Å²) in [6.07, 6.45) is 2.73. The number of imidazole rings is 1. The summed E-state index contributed by atoms with van der Waals surface area (Å²) in [6.45, 7) is 0. The van der Waals surface area contributed by atoms with Crippen LogP contribution >= 0.6 is 0 Å². The summed E-state index contributed by atoms with van der Waals surface area (Å²) in [5.74, 6) is -0.0353. The summed E-state index contributed by atoms with van der Waals surface area (Å²) < 4.78 is 1.30. The van der Waals surface area contributed by atoms with Gasteiger partial charge in [-0.1, -0.05) is 0 Å². The molecule has 0 aromatic carbocycles. The third-order valence-electron chi connectivity index (χ3n) is 0.757. The number of rotatable bonds is 1. The molecule has 0 aliphatic heterocycles. The van der Waals surface area contributed by atoms with E-state index in [2.05, 4.69) is 9.82 Å². The van der Waals surface area contributed by atoms with Crippen LogP contribution < -0.4 is 4.84 Å². The van der Waals surface area contributed by atoms with Gasteiger partial charge in [0, 0.05) is 0 Å². The van der Waals surface area contributed by atoms with Crippen molar-refractivity contribution in [3.05, 3.63) is 12.5 Å². The highest BCUT2D eigenvalue weighted by Gasteiger charge is 1.89. The Morgan fingerprint density at radius 1 is 1.88 bits per heavy atom. The minimum absolute atomic E-state index is 0.0353. The molecule has 0 aliphatic rings. The van der Waals surface area contributed by atoms with E-state index >= 15 is 0 Å². The van der Waals surface area contributed by atoms with Crippen LogP contribution in [0.1, 0.15) is 0 Å². The van der Waals surface area contributed by atoms with E-state index in [1.807, 2.05) is 0 Å². The van der Waals surface area contributed by atoms with E-state index in [4.69, 9.17) is 5.11 Å². The van der Waals surface area contributed by atoms with Gasteiger partial charge in [-0.25, -0.2) is 0 Å². The van der Waals surface area contributed by atoms with Gasteiger partial charge in [0.1, 0.15) is 19.6 Å². The lowest BCUT2D eigenvalue weighted by molar-refractivity contribution is 0.166. The molecule has 0 amide bonds. The van der Waals surface area contributed by atoms with E-state index in [9.17, 15) is 0 Å². The summed E-state index contributed by atoms with van der Waals surface area (Å²) in [4.78, 5) is 8.11. The van der Waals surface area contributed by atoms with E-state index in [1.165, 1.54) is 24.4 Å². The molecule has 0 unspecified atom stereocenters. The number of aromatic hydroxyl groups is 1. The smallest absolute Gasteiger partial charge is 0.232 e. The zero-order valence-corrected chi connectivity index (χ0v) is 4.40. The number of hydrogen-bond acceptors (Lipinski definition) is 3. The van der Waals surface area contributed by atoms with Gasteiger partial charge in [0.15, 0.2) is 0 Å². The monoisotopic (exact) mass is 114 g/mol. The lowest BCUT2D eigenvalue weighted by Crippen LogP contribution is -2.00. The van der Waals surface area contributed by atoms with E-state index < -0.39 is 0 Å². The Labute approximate surface area is 46.3 Å². The Morgan fingerprint density at radius 2 is 2.62 bits per heavy atom. The third-order valence-corrected chi connectivity index (χ3v) is 0.757. The highest BCUT2D eigenvalue weighted by atomic mass is 16.6. The summed E-state index contributed by atoms with van der Waals surface area (Å²) in [6, 6.07) is 0. The fraction of sp³-hybridized carbons (Fsp3) is 0.250. The predicted octanol–water partition coefficient (Wildman–Crippen LogP) is -0.353. The van der Waals surface area contributed by atoms with Crippen molar-refractivity contribution in [3.8, 4) is 5.88 Å². The fourth-order valence-corrected chi connectivity index (χ4v) is 0.396. The molecule has 4 heteroatoms. The number of hydrogen-bond donors (Lipinski definition) is 1. The van der Waals surface area contributed by atoms with Gasteiger partial charge in [0.25, 0.3) is 0 Å². The van der Waals surface area contributed by atoms with Crippen LogP contribution in [0.3, 0.4) is 0 Å². The highest BCUT2D eigenvalue weighted by Crippen LogP contribution is 1.98. The first-order valence-electron chi connectivity index (χ1n) is 2.10. The van der Waals surface area contributed by atoms with Crippen molar-refractivity contribution in [1.29, 1.82) is 0 Å². The molecule has 0 radical (unpaired) electrons. The summed E-state index contributed by atoms with van der Waals surface area (Å²) in [5.41, 5.74) is 0. The maximum Gasteiger partial charge on any atom is 0.232 e. The summed E-state index contributed by atoms with van der Waals surface area (Å²) in [5, 5.41) is 8.57. The lowest BCUT2D eigenvalue weighted by atomic mass is 10.9. The Kier molecular flexibility index (Phi) is 1.07. The molecule has 1 rings (SSSR count). The van der Waals surface area contributed by atoms with Gasteiger partial charge in [-0.2, -0.15) is 9.71 Å². The lowest BCUT2D eigenvalue weighted by Gasteiger charge is -1.92. The normalized spacial score (nSPS) is 9.12. The SMILES string of the molecule is COn1cnc(O)c1. The number of nitrogens with zero attached hydrogens (tertiary/aromatic N) is 2. The van der Waals surface area contributed by atoms with Crippen LogP contribution in [-0.4, -0.2) is 21.9 Å². The molecule has 0 atom stereocenters. The van der Waals surface area contributed by atoms with Crippen LogP contribution in [0.2, 0.25) is 0 Å². The Bertz CT molecular complexity index is 172. The van der Waals surface area contributed by atoms with Crippen molar-refractivity contribution in [2.45, 2.75) is 0 Å². The largest absolute Gasteiger partial charge is 0.492 e. The van der Waals surface area contributed by atoms with Gasteiger partial charge in [0.05, 0.1) is 0 Å². The highest BCUT2D eigenvalue weighted by molar-refractivity contribution is 4.98. The molecule has 0 bridgehead atoms.